The van der Waals surface area contributed by atoms with E-state index >= 15 is 0 Å². The van der Waals surface area contributed by atoms with Crippen molar-refractivity contribution in [2.45, 2.75) is 0 Å². The van der Waals surface area contributed by atoms with Gasteiger partial charge in [-0.1, -0.05) is 11.6 Å². The standard InChI is InChI=1S/C11H7ClN2O2/c1-16-10-4-9-7(2-6(10)5-13)8(12)3-11(15)14-9/h2-4H,1H3,(H,14,15). The highest BCUT2D eigenvalue weighted by molar-refractivity contribution is 6.35. The van der Waals surface area contributed by atoms with Crippen LogP contribution in [0.5, 0.6) is 5.75 Å². The summed E-state index contributed by atoms with van der Waals surface area (Å²) in [7, 11) is 1.46. The number of rotatable bonds is 1. The van der Waals surface area contributed by atoms with Crippen LogP contribution in [0.4, 0.5) is 0 Å². The van der Waals surface area contributed by atoms with Crippen LogP contribution in [0.15, 0.2) is 23.0 Å². The number of aromatic amines is 1. The van der Waals surface area contributed by atoms with E-state index in [1.165, 1.54) is 13.2 Å². The molecule has 0 aliphatic carbocycles. The Hall–Kier alpha value is -1.99. The predicted octanol–water partition coefficient (Wildman–Crippen LogP) is 2.06. The lowest BCUT2D eigenvalue weighted by molar-refractivity contribution is 0.414. The molecule has 5 heteroatoms. The number of benzene rings is 1. The SMILES string of the molecule is COc1cc2[nH]c(=O)cc(Cl)c2cc1C#N. The van der Waals surface area contributed by atoms with E-state index in [0.29, 0.717) is 27.2 Å². The minimum Gasteiger partial charge on any atom is -0.495 e. The van der Waals surface area contributed by atoms with Crippen LogP contribution >= 0.6 is 11.6 Å². The molecule has 16 heavy (non-hydrogen) atoms. The maximum Gasteiger partial charge on any atom is 0.249 e. The molecule has 4 nitrogen and oxygen atoms in total. The summed E-state index contributed by atoms with van der Waals surface area (Å²) in [6.07, 6.45) is 0. The lowest BCUT2D eigenvalue weighted by Gasteiger charge is -2.05. The van der Waals surface area contributed by atoms with Gasteiger partial charge in [-0.3, -0.25) is 4.79 Å². The number of ether oxygens (including phenoxy) is 1. The molecule has 1 aromatic heterocycles. The van der Waals surface area contributed by atoms with E-state index in [2.05, 4.69) is 4.98 Å². The zero-order valence-electron chi connectivity index (χ0n) is 8.37. The van der Waals surface area contributed by atoms with Gasteiger partial charge in [0.1, 0.15) is 11.8 Å². The van der Waals surface area contributed by atoms with Crippen LogP contribution in [0.25, 0.3) is 10.9 Å². The number of nitriles is 1. The lowest BCUT2D eigenvalue weighted by Crippen LogP contribution is -2.04. The fourth-order valence-corrected chi connectivity index (χ4v) is 1.75. The van der Waals surface area contributed by atoms with Crippen molar-refractivity contribution in [3.8, 4) is 11.8 Å². The van der Waals surface area contributed by atoms with Crippen molar-refractivity contribution >= 4 is 22.5 Å². The van der Waals surface area contributed by atoms with Gasteiger partial charge in [-0.25, -0.2) is 0 Å². The van der Waals surface area contributed by atoms with Crippen molar-refractivity contribution in [1.29, 1.82) is 5.26 Å². The number of hydrogen-bond donors (Lipinski definition) is 1. The molecule has 0 aliphatic heterocycles. The second-order valence-electron chi connectivity index (χ2n) is 3.19. The Bertz CT molecular complexity index is 655. The second kappa shape index (κ2) is 3.87. The number of H-pyrrole nitrogens is 1. The number of nitrogens with one attached hydrogen (secondary N) is 1. The van der Waals surface area contributed by atoms with Crippen molar-refractivity contribution in [3.63, 3.8) is 0 Å². The fraction of sp³-hybridized carbons (Fsp3) is 0.0909. The van der Waals surface area contributed by atoms with Crippen LogP contribution in [-0.4, -0.2) is 12.1 Å². The van der Waals surface area contributed by atoms with Crippen molar-refractivity contribution in [2.24, 2.45) is 0 Å². The molecule has 2 aromatic rings. The summed E-state index contributed by atoms with van der Waals surface area (Å²) in [4.78, 5) is 13.8. The number of nitrogens with zero attached hydrogens (tertiary/aromatic N) is 1. The van der Waals surface area contributed by atoms with Crippen LogP contribution in [0, 0.1) is 11.3 Å². The minimum absolute atomic E-state index is 0.288. The lowest BCUT2D eigenvalue weighted by atomic mass is 10.1. The smallest absolute Gasteiger partial charge is 0.249 e. The fourth-order valence-electron chi connectivity index (χ4n) is 1.50. The van der Waals surface area contributed by atoms with E-state index in [1.54, 1.807) is 12.1 Å². The van der Waals surface area contributed by atoms with Gasteiger partial charge in [0.25, 0.3) is 0 Å². The van der Waals surface area contributed by atoms with Gasteiger partial charge < -0.3 is 9.72 Å². The first-order valence-electron chi connectivity index (χ1n) is 4.46. The molecule has 0 bridgehead atoms. The summed E-state index contributed by atoms with van der Waals surface area (Å²) >= 11 is 5.92. The van der Waals surface area contributed by atoms with Crippen LogP contribution in [0.3, 0.4) is 0 Å². The van der Waals surface area contributed by atoms with Gasteiger partial charge in [-0.15, -0.1) is 0 Å². The van der Waals surface area contributed by atoms with Gasteiger partial charge in [-0.05, 0) is 6.07 Å². The summed E-state index contributed by atoms with van der Waals surface area (Å²) in [6.45, 7) is 0. The summed E-state index contributed by atoms with van der Waals surface area (Å²) in [6, 6.07) is 6.45. The van der Waals surface area contributed by atoms with Crippen molar-refractivity contribution in [3.05, 3.63) is 39.1 Å². The molecule has 0 atom stereocenters. The van der Waals surface area contributed by atoms with Crippen LogP contribution < -0.4 is 10.3 Å². The highest BCUT2D eigenvalue weighted by atomic mass is 35.5. The highest BCUT2D eigenvalue weighted by Crippen LogP contribution is 2.27. The zero-order valence-corrected chi connectivity index (χ0v) is 9.13. The van der Waals surface area contributed by atoms with E-state index in [9.17, 15) is 4.79 Å². The summed E-state index contributed by atoms with van der Waals surface area (Å²) in [5.41, 5.74) is 0.640. The third kappa shape index (κ3) is 1.62. The second-order valence-corrected chi connectivity index (χ2v) is 3.60. The third-order valence-corrected chi connectivity index (χ3v) is 2.55. The van der Waals surface area contributed by atoms with E-state index in [4.69, 9.17) is 21.6 Å². The van der Waals surface area contributed by atoms with Crippen molar-refractivity contribution in [1.82, 2.24) is 4.98 Å². The Kier molecular flexibility index (Phi) is 2.55. The first-order valence-corrected chi connectivity index (χ1v) is 4.84. The van der Waals surface area contributed by atoms with Gasteiger partial charge in [0.2, 0.25) is 5.56 Å². The molecule has 0 saturated heterocycles. The summed E-state index contributed by atoms with van der Waals surface area (Å²) in [5.74, 6) is 0.410. The molecule has 1 heterocycles. The first kappa shape index (κ1) is 10.5. The number of halogens is 1. The number of fused-ring (bicyclic) bond motifs is 1. The summed E-state index contributed by atoms with van der Waals surface area (Å²) in [5, 5.41) is 9.85. The monoisotopic (exact) mass is 234 g/mol. The quantitative estimate of drug-likeness (QED) is 0.821. The number of methoxy groups -OCH3 is 1. The Morgan fingerprint density at radius 2 is 2.19 bits per heavy atom. The topological polar surface area (TPSA) is 65.9 Å². The average molecular weight is 235 g/mol. The highest BCUT2D eigenvalue weighted by Gasteiger charge is 2.08. The van der Waals surface area contributed by atoms with E-state index < -0.39 is 0 Å². The Morgan fingerprint density at radius 3 is 2.81 bits per heavy atom. The number of pyridine rings is 1. The molecule has 0 fully saturated rings. The zero-order chi connectivity index (χ0) is 11.7. The minimum atomic E-state index is -0.288. The van der Waals surface area contributed by atoms with Gasteiger partial charge in [-0.2, -0.15) is 5.26 Å². The molecule has 0 radical (unpaired) electrons. The largest absolute Gasteiger partial charge is 0.495 e. The molecular formula is C11H7ClN2O2. The maximum atomic E-state index is 11.2. The Labute approximate surface area is 96.0 Å². The van der Waals surface area contributed by atoms with E-state index in [-0.39, 0.29) is 5.56 Å². The van der Waals surface area contributed by atoms with E-state index in [0.717, 1.165) is 0 Å². The number of aromatic nitrogens is 1. The normalized spacial score (nSPS) is 10.1. The maximum absolute atomic E-state index is 11.2. The van der Waals surface area contributed by atoms with Crippen LogP contribution in [-0.2, 0) is 0 Å². The number of hydrogen-bond acceptors (Lipinski definition) is 3. The molecule has 0 amide bonds. The van der Waals surface area contributed by atoms with Crippen molar-refractivity contribution in [2.75, 3.05) is 7.11 Å². The van der Waals surface area contributed by atoms with Gasteiger partial charge in [0.05, 0.1) is 23.2 Å². The molecule has 1 N–H and O–H groups in total. The molecule has 0 saturated carbocycles. The van der Waals surface area contributed by atoms with Gasteiger partial charge in [0.15, 0.2) is 0 Å². The average Bonchev–Trinajstić information content (AvgIpc) is 2.27. The van der Waals surface area contributed by atoms with Crippen molar-refractivity contribution < 1.29 is 4.74 Å². The summed E-state index contributed by atoms with van der Waals surface area (Å²) < 4.78 is 5.04. The Morgan fingerprint density at radius 1 is 1.44 bits per heavy atom. The molecule has 1 aromatic carbocycles. The predicted molar refractivity (Wildman–Crippen MR) is 60.8 cm³/mol. The third-order valence-electron chi connectivity index (χ3n) is 2.23. The molecule has 2 rings (SSSR count). The molecule has 0 unspecified atom stereocenters. The van der Waals surface area contributed by atoms with E-state index in [1.807, 2.05) is 6.07 Å². The molecule has 0 aliphatic rings. The first-order chi connectivity index (χ1) is 7.65. The van der Waals surface area contributed by atoms with Gasteiger partial charge in [0, 0.05) is 17.5 Å². The molecule has 80 valence electrons. The van der Waals surface area contributed by atoms with Crippen LogP contribution in [0.2, 0.25) is 5.02 Å². The molecular weight excluding hydrogens is 228 g/mol. The Balaban J connectivity index is 2.90. The van der Waals surface area contributed by atoms with Crippen LogP contribution in [0.1, 0.15) is 5.56 Å². The van der Waals surface area contributed by atoms with Gasteiger partial charge >= 0.3 is 0 Å². The molecule has 0 spiro atoms.